The van der Waals surface area contributed by atoms with Gasteiger partial charge in [0.1, 0.15) is 10.6 Å². The van der Waals surface area contributed by atoms with Gasteiger partial charge in [0.25, 0.3) is 11.8 Å². The fraction of sp³-hybridized carbons (Fsp3) is 0.182. The molecule has 0 aliphatic rings. The highest BCUT2D eigenvalue weighted by Crippen LogP contribution is 2.29. The molecule has 2 aromatic carbocycles. The SMILES string of the molecule is COc1ccc(NC(=O)c2ccc(C)c(NC(=O)c3ccco3)c2)cc1S(=O)(=O)N(C)C. The summed E-state index contributed by atoms with van der Waals surface area (Å²) in [6.45, 7) is 1.79. The van der Waals surface area contributed by atoms with E-state index in [4.69, 9.17) is 9.15 Å². The molecule has 0 atom stereocenters. The molecule has 2 N–H and O–H groups in total. The number of carbonyl (C=O) groups is 2. The lowest BCUT2D eigenvalue weighted by Gasteiger charge is -2.16. The number of ether oxygens (including phenoxy) is 1. The molecule has 0 aliphatic heterocycles. The van der Waals surface area contributed by atoms with Crippen LogP contribution in [0.15, 0.2) is 64.1 Å². The number of aryl methyl sites for hydroxylation is 1. The van der Waals surface area contributed by atoms with E-state index < -0.39 is 21.8 Å². The van der Waals surface area contributed by atoms with Crippen molar-refractivity contribution in [2.24, 2.45) is 0 Å². The van der Waals surface area contributed by atoms with Gasteiger partial charge in [-0.15, -0.1) is 0 Å². The maximum atomic E-state index is 12.8. The Hall–Kier alpha value is -3.63. The van der Waals surface area contributed by atoms with Crippen LogP contribution in [0.2, 0.25) is 0 Å². The number of anilines is 2. The van der Waals surface area contributed by atoms with Crippen LogP contribution in [0.4, 0.5) is 11.4 Å². The first-order valence-corrected chi connectivity index (χ1v) is 10.9. The summed E-state index contributed by atoms with van der Waals surface area (Å²) in [6.07, 6.45) is 1.39. The first kappa shape index (κ1) is 23.0. The molecule has 1 heterocycles. The van der Waals surface area contributed by atoms with Crippen molar-refractivity contribution in [1.82, 2.24) is 4.31 Å². The molecule has 0 radical (unpaired) electrons. The van der Waals surface area contributed by atoms with Gasteiger partial charge in [-0.3, -0.25) is 9.59 Å². The Bertz CT molecular complexity index is 1250. The van der Waals surface area contributed by atoms with Gasteiger partial charge in [-0.05, 0) is 55.0 Å². The number of amides is 2. The zero-order valence-corrected chi connectivity index (χ0v) is 18.8. The minimum atomic E-state index is -3.79. The van der Waals surface area contributed by atoms with Crippen molar-refractivity contribution in [3.63, 3.8) is 0 Å². The fourth-order valence-electron chi connectivity index (χ4n) is 2.85. The molecule has 3 aromatic rings. The van der Waals surface area contributed by atoms with Crippen molar-refractivity contribution >= 4 is 33.2 Å². The average molecular weight is 458 g/mol. The van der Waals surface area contributed by atoms with Gasteiger partial charge in [-0.2, -0.15) is 0 Å². The van der Waals surface area contributed by atoms with Crippen molar-refractivity contribution in [3.8, 4) is 5.75 Å². The maximum absolute atomic E-state index is 12.8. The van der Waals surface area contributed by atoms with E-state index in [1.807, 2.05) is 0 Å². The number of carbonyl (C=O) groups excluding carboxylic acids is 2. The second-order valence-electron chi connectivity index (χ2n) is 7.07. The average Bonchev–Trinajstić information content (AvgIpc) is 3.30. The van der Waals surface area contributed by atoms with Crippen LogP contribution in [-0.2, 0) is 10.0 Å². The quantitative estimate of drug-likeness (QED) is 0.562. The standard InChI is InChI=1S/C22H23N3O6S/c1-14-7-8-15(12-17(14)24-22(27)19-6-5-11-31-19)21(26)23-16-9-10-18(30-4)20(13-16)32(28,29)25(2)3/h5-13H,1-4H3,(H,23,26)(H,24,27). The highest BCUT2D eigenvalue weighted by Gasteiger charge is 2.23. The number of furan rings is 1. The first-order chi connectivity index (χ1) is 15.1. The third-order valence-electron chi connectivity index (χ3n) is 4.67. The van der Waals surface area contributed by atoms with Crippen LogP contribution in [0.25, 0.3) is 0 Å². The lowest BCUT2D eigenvalue weighted by Crippen LogP contribution is -2.23. The van der Waals surface area contributed by atoms with E-state index in [-0.39, 0.29) is 27.7 Å². The molecule has 3 rings (SSSR count). The molecule has 2 amide bonds. The van der Waals surface area contributed by atoms with Crippen molar-refractivity contribution in [3.05, 3.63) is 71.7 Å². The van der Waals surface area contributed by atoms with Crippen LogP contribution in [-0.4, -0.2) is 45.7 Å². The molecule has 32 heavy (non-hydrogen) atoms. The predicted molar refractivity (Wildman–Crippen MR) is 120 cm³/mol. The second-order valence-corrected chi connectivity index (χ2v) is 9.19. The zero-order chi connectivity index (χ0) is 23.5. The van der Waals surface area contributed by atoms with Crippen LogP contribution < -0.4 is 15.4 Å². The summed E-state index contributed by atoms with van der Waals surface area (Å²) in [5, 5.41) is 5.39. The van der Waals surface area contributed by atoms with Crippen molar-refractivity contribution in [1.29, 1.82) is 0 Å². The number of benzene rings is 2. The van der Waals surface area contributed by atoms with Gasteiger partial charge in [0.2, 0.25) is 10.0 Å². The Balaban J connectivity index is 1.85. The maximum Gasteiger partial charge on any atom is 0.291 e. The smallest absolute Gasteiger partial charge is 0.291 e. The highest BCUT2D eigenvalue weighted by atomic mass is 32.2. The van der Waals surface area contributed by atoms with Gasteiger partial charge in [0.15, 0.2) is 5.76 Å². The minimum Gasteiger partial charge on any atom is -0.495 e. The monoisotopic (exact) mass is 457 g/mol. The summed E-state index contributed by atoms with van der Waals surface area (Å²) in [5.41, 5.74) is 1.76. The second kappa shape index (κ2) is 9.25. The van der Waals surface area contributed by atoms with Crippen molar-refractivity contribution in [2.75, 3.05) is 31.8 Å². The van der Waals surface area contributed by atoms with E-state index in [1.54, 1.807) is 31.2 Å². The highest BCUT2D eigenvalue weighted by molar-refractivity contribution is 7.89. The molecule has 1 aromatic heterocycles. The Kier molecular flexibility index (Phi) is 6.66. The van der Waals surface area contributed by atoms with Gasteiger partial charge in [0, 0.05) is 31.0 Å². The summed E-state index contributed by atoms with van der Waals surface area (Å²) in [5.74, 6) is -0.608. The van der Waals surface area contributed by atoms with Gasteiger partial charge in [0.05, 0.1) is 13.4 Å². The van der Waals surface area contributed by atoms with Crippen LogP contribution in [0.3, 0.4) is 0 Å². The molecule has 0 spiro atoms. The first-order valence-electron chi connectivity index (χ1n) is 9.51. The number of nitrogens with one attached hydrogen (secondary N) is 2. The van der Waals surface area contributed by atoms with E-state index in [9.17, 15) is 18.0 Å². The van der Waals surface area contributed by atoms with Gasteiger partial charge in [-0.1, -0.05) is 6.07 Å². The van der Waals surface area contributed by atoms with Crippen molar-refractivity contribution < 1.29 is 27.2 Å². The van der Waals surface area contributed by atoms with E-state index in [1.165, 1.54) is 51.7 Å². The number of hydrogen-bond acceptors (Lipinski definition) is 6. The molecule has 0 bridgehead atoms. The van der Waals surface area contributed by atoms with E-state index in [2.05, 4.69) is 10.6 Å². The molecular weight excluding hydrogens is 434 g/mol. The molecule has 0 saturated heterocycles. The Morgan fingerprint density at radius 3 is 2.38 bits per heavy atom. The van der Waals surface area contributed by atoms with Crippen LogP contribution in [0, 0.1) is 6.92 Å². The zero-order valence-electron chi connectivity index (χ0n) is 18.0. The molecular formula is C22H23N3O6S. The number of hydrogen-bond donors (Lipinski definition) is 2. The van der Waals surface area contributed by atoms with Gasteiger partial charge < -0.3 is 19.8 Å². The van der Waals surface area contributed by atoms with Crippen LogP contribution in [0.5, 0.6) is 5.75 Å². The number of sulfonamides is 1. The Morgan fingerprint density at radius 2 is 1.75 bits per heavy atom. The summed E-state index contributed by atoms with van der Waals surface area (Å²) in [7, 11) is 0.394. The third kappa shape index (κ3) is 4.82. The summed E-state index contributed by atoms with van der Waals surface area (Å²) >= 11 is 0. The van der Waals surface area contributed by atoms with Gasteiger partial charge >= 0.3 is 0 Å². The number of methoxy groups -OCH3 is 1. The van der Waals surface area contributed by atoms with Crippen molar-refractivity contribution in [2.45, 2.75) is 11.8 Å². The summed E-state index contributed by atoms with van der Waals surface area (Å²) < 4.78 is 36.5. The number of nitrogens with zero attached hydrogens (tertiary/aromatic N) is 1. The largest absolute Gasteiger partial charge is 0.495 e. The number of rotatable bonds is 7. The topological polar surface area (TPSA) is 118 Å². The van der Waals surface area contributed by atoms with Gasteiger partial charge in [-0.25, -0.2) is 12.7 Å². The summed E-state index contributed by atoms with van der Waals surface area (Å²) in [4.78, 5) is 25.0. The fourth-order valence-corrected chi connectivity index (χ4v) is 3.92. The Morgan fingerprint density at radius 1 is 1.00 bits per heavy atom. The van der Waals surface area contributed by atoms with E-state index in [0.29, 0.717) is 5.69 Å². The molecule has 0 saturated carbocycles. The predicted octanol–water partition coefficient (Wildman–Crippen LogP) is 3.35. The molecule has 9 nitrogen and oxygen atoms in total. The van der Waals surface area contributed by atoms with Crippen LogP contribution >= 0.6 is 0 Å². The summed E-state index contributed by atoms with van der Waals surface area (Å²) in [6, 6.07) is 12.3. The molecule has 0 unspecified atom stereocenters. The molecule has 10 heteroatoms. The Labute approximate surface area is 186 Å². The van der Waals surface area contributed by atoms with E-state index >= 15 is 0 Å². The molecule has 168 valence electrons. The molecule has 0 fully saturated rings. The van der Waals surface area contributed by atoms with E-state index in [0.717, 1.165) is 9.87 Å². The third-order valence-corrected chi connectivity index (χ3v) is 6.51. The molecule has 0 aliphatic carbocycles. The lowest BCUT2D eigenvalue weighted by atomic mass is 10.1. The van der Waals surface area contributed by atoms with Crippen LogP contribution in [0.1, 0.15) is 26.5 Å². The normalized spacial score (nSPS) is 11.3. The lowest BCUT2D eigenvalue weighted by molar-refractivity contribution is 0.0993. The minimum absolute atomic E-state index is 0.0712.